The molecule has 0 radical (unpaired) electrons. The number of ether oxygens (including phenoxy) is 1. The van der Waals surface area contributed by atoms with Crippen molar-refractivity contribution in [3.05, 3.63) is 5.56 Å². The van der Waals surface area contributed by atoms with E-state index in [4.69, 9.17) is 10.5 Å². The van der Waals surface area contributed by atoms with Crippen molar-refractivity contribution in [3.63, 3.8) is 0 Å². The average molecular weight is 269 g/mol. The van der Waals surface area contributed by atoms with E-state index in [0.717, 1.165) is 24.5 Å². The summed E-state index contributed by atoms with van der Waals surface area (Å²) < 4.78 is 8.87. The predicted molar refractivity (Wildman–Crippen MR) is 73.1 cm³/mol. The smallest absolute Gasteiger partial charge is 0.344 e. The number of hydrogen-bond acceptors (Lipinski definition) is 6. The Bertz CT molecular complexity index is 433. The minimum absolute atomic E-state index is 0.278. The van der Waals surface area contributed by atoms with Gasteiger partial charge in [-0.05, 0) is 30.3 Å². The van der Waals surface area contributed by atoms with Gasteiger partial charge in [-0.25, -0.2) is 4.79 Å². The fourth-order valence-electron chi connectivity index (χ4n) is 2.39. The van der Waals surface area contributed by atoms with Gasteiger partial charge in [-0.1, -0.05) is 13.3 Å². The molecule has 1 unspecified atom stereocenters. The van der Waals surface area contributed by atoms with Gasteiger partial charge >= 0.3 is 5.97 Å². The number of hydrogen-bond donors (Lipinski definition) is 1. The molecular weight excluding hydrogens is 250 g/mol. The van der Waals surface area contributed by atoms with Crippen molar-refractivity contribution in [3.8, 4) is 0 Å². The second kappa shape index (κ2) is 5.56. The Balaban J connectivity index is 2.25. The highest BCUT2D eigenvalue weighted by Crippen LogP contribution is 2.34. The van der Waals surface area contributed by atoms with Crippen molar-refractivity contribution < 1.29 is 9.53 Å². The number of anilines is 2. The van der Waals surface area contributed by atoms with Crippen molar-refractivity contribution in [2.75, 3.05) is 30.8 Å². The van der Waals surface area contributed by atoms with Gasteiger partial charge in [-0.2, -0.15) is 4.37 Å². The van der Waals surface area contributed by atoms with Crippen molar-refractivity contribution in [2.24, 2.45) is 5.92 Å². The number of aromatic nitrogens is 1. The van der Waals surface area contributed by atoms with Crippen LogP contribution in [0.1, 0.15) is 36.5 Å². The molecule has 1 fully saturated rings. The highest BCUT2D eigenvalue weighted by molar-refractivity contribution is 7.11. The maximum atomic E-state index is 11.7. The lowest BCUT2D eigenvalue weighted by Crippen LogP contribution is -2.35. The van der Waals surface area contributed by atoms with E-state index in [1.165, 1.54) is 31.5 Å². The summed E-state index contributed by atoms with van der Waals surface area (Å²) in [7, 11) is 1.37. The zero-order valence-corrected chi connectivity index (χ0v) is 11.6. The quantitative estimate of drug-likeness (QED) is 0.851. The van der Waals surface area contributed by atoms with E-state index in [1.54, 1.807) is 0 Å². The van der Waals surface area contributed by atoms with Crippen LogP contribution in [0.15, 0.2) is 0 Å². The van der Waals surface area contributed by atoms with Crippen LogP contribution in [0.5, 0.6) is 0 Å². The van der Waals surface area contributed by atoms with Gasteiger partial charge in [0.2, 0.25) is 0 Å². The summed E-state index contributed by atoms with van der Waals surface area (Å²) in [5, 5.41) is 0.859. The molecule has 1 aromatic rings. The molecule has 0 spiro atoms. The first-order valence-corrected chi connectivity index (χ1v) is 7.03. The van der Waals surface area contributed by atoms with E-state index in [1.807, 2.05) is 0 Å². The summed E-state index contributed by atoms with van der Waals surface area (Å²) >= 11 is 1.29. The summed E-state index contributed by atoms with van der Waals surface area (Å²) in [6.45, 7) is 4.14. The van der Waals surface area contributed by atoms with Gasteiger partial charge in [0, 0.05) is 13.1 Å². The number of esters is 1. The summed E-state index contributed by atoms with van der Waals surface area (Å²) in [5.74, 6) is 0.572. The van der Waals surface area contributed by atoms with Gasteiger partial charge in [-0.3, -0.25) is 0 Å². The lowest BCUT2D eigenvalue weighted by atomic mass is 9.96. The molecule has 1 aliphatic heterocycles. The third-order valence-electron chi connectivity index (χ3n) is 3.47. The fraction of sp³-hybridized carbons (Fsp3) is 0.667. The second-order valence-corrected chi connectivity index (χ2v) is 5.35. The predicted octanol–water partition coefficient (Wildman–Crippen LogP) is 2.14. The number of nitrogens with zero attached hydrogens (tertiary/aromatic N) is 2. The molecule has 0 aliphatic carbocycles. The number of nitrogen functional groups attached to an aromatic ring is 1. The number of piperidine rings is 1. The van der Waals surface area contributed by atoms with Gasteiger partial charge in [-0.15, -0.1) is 0 Å². The fourth-order valence-corrected chi connectivity index (χ4v) is 3.22. The van der Waals surface area contributed by atoms with Crippen LogP contribution < -0.4 is 10.6 Å². The lowest BCUT2D eigenvalue weighted by molar-refractivity contribution is 0.0603. The van der Waals surface area contributed by atoms with Crippen LogP contribution in [-0.2, 0) is 4.74 Å². The first-order valence-electron chi connectivity index (χ1n) is 6.25. The van der Waals surface area contributed by atoms with Gasteiger partial charge < -0.3 is 15.4 Å². The van der Waals surface area contributed by atoms with Gasteiger partial charge in [0.05, 0.1) is 7.11 Å². The zero-order chi connectivity index (χ0) is 13.1. The Hall–Kier alpha value is -1.30. The summed E-state index contributed by atoms with van der Waals surface area (Å²) in [6, 6.07) is 0. The topological polar surface area (TPSA) is 68.5 Å². The number of rotatable bonds is 3. The number of carbonyl (C=O) groups is 1. The molecule has 1 aliphatic rings. The van der Waals surface area contributed by atoms with Crippen molar-refractivity contribution in [2.45, 2.75) is 26.2 Å². The molecule has 6 heteroatoms. The van der Waals surface area contributed by atoms with Crippen LogP contribution in [-0.4, -0.2) is 30.5 Å². The normalized spacial score (nSPS) is 19.9. The Morgan fingerprint density at radius 2 is 2.44 bits per heavy atom. The summed E-state index contributed by atoms with van der Waals surface area (Å²) in [6.07, 6.45) is 3.57. The Morgan fingerprint density at radius 1 is 1.67 bits per heavy atom. The molecule has 5 nitrogen and oxygen atoms in total. The van der Waals surface area contributed by atoms with Crippen LogP contribution in [0.2, 0.25) is 0 Å². The summed E-state index contributed by atoms with van der Waals surface area (Å²) in [5.41, 5.74) is 6.19. The van der Waals surface area contributed by atoms with E-state index < -0.39 is 5.97 Å². The highest BCUT2D eigenvalue weighted by atomic mass is 32.1. The highest BCUT2D eigenvalue weighted by Gasteiger charge is 2.27. The number of methoxy groups -OCH3 is 1. The van der Waals surface area contributed by atoms with E-state index in [0.29, 0.717) is 11.5 Å². The van der Waals surface area contributed by atoms with Crippen LogP contribution in [0.25, 0.3) is 0 Å². The maximum Gasteiger partial charge on any atom is 0.344 e. The third-order valence-corrected chi connectivity index (χ3v) is 4.40. The Morgan fingerprint density at radius 3 is 3.11 bits per heavy atom. The van der Waals surface area contributed by atoms with Crippen LogP contribution in [0.3, 0.4) is 0 Å². The van der Waals surface area contributed by atoms with E-state index in [2.05, 4.69) is 16.2 Å². The molecule has 2 heterocycles. The summed E-state index contributed by atoms with van der Waals surface area (Å²) in [4.78, 5) is 14.0. The molecular formula is C12H19N3O2S. The van der Waals surface area contributed by atoms with E-state index >= 15 is 0 Å². The van der Waals surface area contributed by atoms with Gasteiger partial charge in [0.25, 0.3) is 0 Å². The van der Waals surface area contributed by atoms with Crippen molar-refractivity contribution in [1.29, 1.82) is 0 Å². The lowest BCUT2D eigenvalue weighted by Gasteiger charge is -2.33. The molecule has 0 amide bonds. The third kappa shape index (κ3) is 2.43. The molecule has 1 atom stereocenters. The molecule has 100 valence electrons. The number of carbonyl (C=O) groups excluding carboxylic acids is 1. The van der Waals surface area contributed by atoms with Crippen LogP contribution in [0, 0.1) is 5.92 Å². The molecule has 0 saturated carbocycles. The molecule has 0 bridgehead atoms. The zero-order valence-electron chi connectivity index (χ0n) is 10.8. The molecule has 1 aromatic heterocycles. The first-order chi connectivity index (χ1) is 8.67. The Labute approximate surface area is 111 Å². The van der Waals surface area contributed by atoms with E-state index in [9.17, 15) is 4.79 Å². The van der Waals surface area contributed by atoms with Crippen LogP contribution in [0.4, 0.5) is 10.8 Å². The number of nitrogens with two attached hydrogens (primary N) is 1. The SMILES string of the molecule is CCC1CCCN(c2snc(N)c2C(=O)OC)C1. The van der Waals surface area contributed by atoms with Crippen molar-refractivity contribution in [1.82, 2.24) is 4.37 Å². The maximum absolute atomic E-state index is 11.7. The monoisotopic (exact) mass is 269 g/mol. The Kier molecular flexibility index (Phi) is 4.06. The van der Waals surface area contributed by atoms with Crippen molar-refractivity contribution >= 4 is 28.3 Å². The molecule has 0 aromatic carbocycles. The van der Waals surface area contributed by atoms with E-state index in [-0.39, 0.29) is 5.82 Å². The van der Waals surface area contributed by atoms with Gasteiger partial charge in [0.15, 0.2) is 5.82 Å². The van der Waals surface area contributed by atoms with Gasteiger partial charge in [0.1, 0.15) is 10.6 Å². The average Bonchev–Trinajstić information content (AvgIpc) is 2.80. The first kappa shape index (κ1) is 13.1. The second-order valence-electron chi connectivity index (χ2n) is 4.60. The molecule has 18 heavy (non-hydrogen) atoms. The molecule has 1 saturated heterocycles. The largest absolute Gasteiger partial charge is 0.465 e. The minimum Gasteiger partial charge on any atom is -0.465 e. The minimum atomic E-state index is -0.394. The molecule has 2 N–H and O–H groups in total. The van der Waals surface area contributed by atoms with Crippen LogP contribution >= 0.6 is 11.5 Å². The molecule has 2 rings (SSSR count). The standard InChI is InChI=1S/C12H19N3O2S/c1-3-8-5-4-6-15(7-8)11-9(12(16)17-2)10(13)14-18-11/h8H,3-7H2,1-2H3,(H2,13,14).